The molecule has 7 atom stereocenters. The van der Waals surface area contributed by atoms with E-state index >= 15 is 0 Å². The normalized spacial score (nSPS) is 36.2. The van der Waals surface area contributed by atoms with E-state index in [1.165, 1.54) is 11.1 Å². The molecule has 1 saturated carbocycles. The molecule has 3 heterocycles. The van der Waals surface area contributed by atoms with Gasteiger partial charge in [-0.1, -0.05) is 31.0 Å². The molecule has 10 heteroatoms. The van der Waals surface area contributed by atoms with Crippen LogP contribution in [0.5, 0.6) is 5.75 Å². The summed E-state index contributed by atoms with van der Waals surface area (Å²) in [5, 5.41) is 16.6. The smallest absolute Gasteiger partial charge is 0.262 e. The van der Waals surface area contributed by atoms with Crippen LogP contribution >= 0.6 is 11.6 Å². The zero-order valence-corrected chi connectivity index (χ0v) is 30.2. The summed E-state index contributed by atoms with van der Waals surface area (Å²) in [6, 6.07) is 11.9. The van der Waals surface area contributed by atoms with Gasteiger partial charge in [-0.05, 0) is 117 Å². The number of anilines is 1. The summed E-state index contributed by atoms with van der Waals surface area (Å²) in [5.41, 5.74) is 2.90. The first-order valence-corrected chi connectivity index (χ1v) is 20.3. The van der Waals surface area contributed by atoms with Crippen molar-refractivity contribution in [3.05, 3.63) is 58.1 Å². The number of halogens is 1. The van der Waals surface area contributed by atoms with Gasteiger partial charge >= 0.3 is 0 Å². The van der Waals surface area contributed by atoms with Gasteiger partial charge in [0.25, 0.3) is 5.91 Å². The zero-order chi connectivity index (χ0) is 33.7. The van der Waals surface area contributed by atoms with Crippen LogP contribution in [0, 0.1) is 17.8 Å². The highest BCUT2D eigenvalue weighted by molar-refractivity contribution is 7.99. The summed E-state index contributed by atoms with van der Waals surface area (Å²) in [7, 11) is -2.93. The van der Waals surface area contributed by atoms with Crippen molar-refractivity contribution in [2.75, 3.05) is 57.3 Å². The fourth-order valence-electron chi connectivity index (χ4n) is 9.32. The van der Waals surface area contributed by atoms with E-state index in [0.717, 1.165) is 101 Å². The number of fused-ring (bicyclic) bond motifs is 4. The standard InChI is InChI=1S/C38H53ClN4O4S/c1-26-6-4-15-38(45,24-42-18-16-40-17-19-42)33-11-8-30(33)22-43-23-37(14-5-7-28-20-31(39)10-12-32(28)37)25-47-35-13-9-29(21-34(35)43)36(44)41-48(3,46)27(26)2/h9-10,12-13,20-21,26-27,30,33,40,45H,3-8,11,14-19,22-25H2,1-2H3,(H,41,44,46)/t26-,27+,30-,33+,37-,38-,48?/m0/s1. The van der Waals surface area contributed by atoms with Gasteiger partial charge in [-0.25, -0.2) is 4.21 Å². The number of hydrogen-bond acceptors (Lipinski definition) is 7. The minimum atomic E-state index is -2.93. The Bertz CT molecular complexity index is 1630. The lowest BCUT2D eigenvalue weighted by Crippen LogP contribution is -2.58. The maximum Gasteiger partial charge on any atom is 0.262 e. The first-order chi connectivity index (χ1) is 23.0. The number of carbonyl (C=O) groups is 1. The molecule has 2 aromatic carbocycles. The minimum Gasteiger partial charge on any atom is -0.490 e. The molecular weight excluding hydrogens is 644 g/mol. The summed E-state index contributed by atoms with van der Waals surface area (Å²) in [5.74, 6) is 5.00. The van der Waals surface area contributed by atoms with Crippen molar-refractivity contribution in [1.82, 2.24) is 14.9 Å². The SMILES string of the molecule is C=S1(=O)NC(=O)c2ccc3c(c2)N(C[C@@H]2CC[C@H]2[C@@](O)(CN2CCNCC2)CCC[C@H](C)[C@H]1C)C[C@@]1(CCCc2cc(Cl)ccc21)CO3. The third-order valence-corrected chi connectivity index (χ3v) is 14.9. The van der Waals surface area contributed by atoms with Crippen LogP contribution in [0.1, 0.15) is 80.3 Å². The fourth-order valence-corrected chi connectivity index (χ4v) is 11.0. The van der Waals surface area contributed by atoms with Gasteiger partial charge in [-0.3, -0.25) is 14.4 Å². The molecule has 1 spiro atoms. The first kappa shape index (κ1) is 34.2. The Labute approximate surface area is 292 Å². The van der Waals surface area contributed by atoms with E-state index < -0.39 is 15.3 Å². The molecule has 3 N–H and O–H groups in total. The third kappa shape index (κ3) is 6.62. The summed E-state index contributed by atoms with van der Waals surface area (Å²) in [6.45, 7) is 10.6. The Hall–Kier alpha value is -2.30. The Kier molecular flexibility index (Phi) is 9.56. The number of carbonyl (C=O) groups excluding carboxylic acids is 1. The fraction of sp³-hybridized carbons (Fsp3) is 0.632. The number of hydrogen-bond donors (Lipinski definition) is 3. The van der Waals surface area contributed by atoms with Crippen LogP contribution in [-0.2, 0) is 21.5 Å². The highest BCUT2D eigenvalue weighted by Crippen LogP contribution is 2.49. The van der Waals surface area contributed by atoms with Crippen LogP contribution in [-0.4, -0.2) is 89.3 Å². The van der Waals surface area contributed by atoms with Crippen molar-refractivity contribution in [3.63, 3.8) is 0 Å². The summed E-state index contributed by atoms with van der Waals surface area (Å²) in [6.07, 6.45) is 7.50. The quantitative estimate of drug-likeness (QED) is 0.379. The molecule has 3 aliphatic heterocycles. The maximum absolute atomic E-state index is 13.9. The largest absolute Gasteiger partial charge is 0.490 e. The topological polar surface area (TPSA) is 94.1 Å². The van der Waals surface area contributed by atoms with E-state index in [0.29, 0.717) is 31.1 Å². The molecule has 1 saturated heterocycles. The molecule has 0 aromatic heterocycles. The number of benzene rings is 2. The predicted octanol–water partition coefficient (Wildman–Crippen LogP) is 5.05. The van der Waals surface area contributed by atoms with E-state index in [1.807, 2.05) is 25.1 Å². The van der Waals surface area contributed by atoms with E-state index in [-0.39, 0.29) is 28.4 Å². The molecule has 2 aromatic rings. The zero-order valence-electron chi connectivity index (χ0n) is 28.6. The number of nitrogens with zero attached hydrogens (tertiary/aromatic N) is 2. The average molecular weight is 697 g/mol. The van der Waals surface area contributed by atoms with Crippen molar-refractivity contribution in [1.29, 1.82) is 0 Å². The number of ether oxygens (including phenoxy) is 1. The van der Waals surface area contributed by atoms with Crippen molar-refractivity contribution < 1.29 is 18.8 Å². The van der Waals surface area contributed by atoms with Crippen LogP contribution in [0.25, 0.3) is 0 Å². The van der Waals surface area contributed by atoms with Gasteiger partial charge < -0.3 is 20.1 Å². The van der Waals surface area contributed by atoms with E-state index in [4.69, 9.17) is 16.3 Å². The van der Waals surface area contributed by atoms with Crippen molar-refractivity contribution >= 4 is 38.8 Å². The number of rotatable bonds is 2. The van der Waals surface area contributed by atoms with Crippen molar-refractivity contribution in [2.24, 2.45) is 17.8 Å². The van der Waals surface area contributed by atoms with E-state index in [9.17, 15) is 14.1 Å². The second-order valence-corrected chi connectivity index (χ2v) is 18.4. The van der Waals surface area contributed by atoms with Crippen molar-refractivity contribution in [2.45, 2.75) is 81.5 Å². The second-order valence-electron chi connectivity index (χ2n) is 15.6. The minimum absolute atomic E-state index is 0.0733. The number of aryl methyl sites for hydroxylation is 1. The lowest BCUT2D eigenvalue weighted by Gasteiger charge is -2.51. The van der Waals surface area contributed by atoms with Gasteiger partial charge in [0.1, 0.15) is 5.75 Å². The van der Waals surface area contributed by atoms with Gasteiger partial charge in [0.15, 0.2) is 0 Å². The predicted molar refractivity (Wildman–Crippen MR) is 196 cm³/mol. The molecule has 0 radical (unpaired) electrons. The first-order valence-electron chi connectivity index (χ1n) is 18.1. The van der Waals surface area contributed by atoms with Gasteiger partial charge in [0, 0.05) is 67.1 Å². The number of β-amino-alcohol motifs (C(OH)–C–C–N with tert-alkyl or cyclic N) is 1. The Morgan fingerprint density at radius 1 is 1.08 bits per heavy atom. The van der Waals surface area contributed by atoms with Crippen LogP contribution < -0.4 is 19.7 Å². The molecule has 2 fully saturated rings. The van der Waals surface area contributed by atoms with E-state index in [1.54, 1.807) is 6.07 Å². The molecule has 262 valence electrons. The van der Waals surface area contributed by atoms with Gasteiger partial charge in [0.2, 0.25) is 0 Å². The lowest BCUT2D eigenvalue weighted by atomic mass is 9.62. The van der Waals surface area contributed by atoms with Gasteiger partial charge in [-0.2, -0.15) is 0 Å². The highest BCUT2D eigenvalue weighted by atomic mass is 35.5. The Morgan fingerprint density at radius 3 is 2.67 bits per heavy atom. The number of amides is 1. The van der Waals surface area contributed by atoms with Crippen LogP contribution in [0.2, 0.25) is 5.02 Å². The van der Waals surface area contributed by atoms with Crippen molar-refractivity contribution in [3.8, 4) is 5.75 Å². The van der Waals surface area contributed by atoms with Crippen LogP contribution in [0.15, 0.2) is 36.4 Å². The third-order valence-electron chi connectivity index (χ3n) is 12.5. The molecular formula is C38H53ClN4O4S. The lowest BCUT2D eigenvalue weighted by molar-refractivity contribution is -0.106. The van der Waals surface area contributed by atoms with Gasteiger partial charge in [0.05, 0.1) is 27.6 Å². The van der Waals surface area contributed by atoms with E-state index in [2.05, 4.69) is 44.8 Å². The number of nitrogens with one attached hydrogen (secondary N) is 2. The van der Waals surface area contributed by atoms with Crippen LogP contribution in [0.4, 0.5) is 5.69 Å². The maximum atomic E-state index is 13.9. The average Bonchev–Trinajstić information content (AvgIpc) is 3.19. The Balaban J connectivity index is 1.29. The molecule has 1 amide bonds. The molecule has 2 aliphatic carbocycles. The summed E-state index contributed by atoms with van der Waals surface area (Å²) >= 11 is 6.48. The number of aliphatic hydroxyl groups is 1. The second kappa shape index (κ2) is 13.4. The monoisotopic (exact) mass is 696 g/mol. The summed E-state index contributed by atoms with van der Waals surface area (Å²) < 4.78 is 23.4. The summed E-state index contributed by atoms with van der Waals surface area (Å²) in [4.78, 5) is 18.6. The highest BCUT2D eigenvalue weighted by Gasteiger charge is 2.49. The Morgan fingerprint density at radius 2 is 1.90 bits per heavy atom. The van der Waals surface area contributed by atoms with Crippen LogP contribution in [0.3, 0.4) is 0 Å². The molecule has 5 aliphatic rings. The molecule has 48 heavy (non-hydrogen) atoms. The molecule has 8 nitrogen and oxygen atoms in total. The number of piperazine rings is 1. The molecule has 7 rings (SSSR count). The molecule has 1 unspecified atom stereocenters. The van der Waals surface area contributed by atoms with Gasteiger partial charge in [-0.15, -0.1) is 0 Å². The molecule has 2 bridgehead atoms.